The van der Waals surface area contributed by atoms with Gasteiger partial charge in [0.2, 0.25) is 5.82 Å². The molecular formula is C12H15FN4O. The van der Waals surface area contributed by atoms with Gasteiger partial charge in [-0.3, -0.25) is 9.89 Å². The third-order valence-electron chi connectivity index (χ3n) is 3.43. The summed E-state index contributed by atoms with van der Waals surface area (Å²) in [4.78, 5) is 15.8. The zero-order valence-electron chi connectivity index (χ0n) is 10.2. The minimum atomic E-state index is -0.794. The Morgan fingerprint density at radius 3 is 3.06 bits per heavy atom. The van der Waals surface area contributed by atoms with Crippen molar-refractivity contribution in [3.05, 3.63) is 33.6 Å². The number of aromatic nitrogens is 3. The van der Waals surface area contributed by atoms with Crippen LogP contribution in [0.15, 0.2) is 10.9 Å². The van der Waals surface area contributed by atoms with Crippen molar-refractivity contribution in [1.82, 2.24) is 19.9 Å². The summed E-state index contributed by atoms with van der Waals surface area (Å²) < 4.78 is 14.7. The molecule has 1 saturated heterocycles. The third kappa shape index (κ3) is 1.73. The van der Waals surface area contributed by atoms with E-state index >= 15 is 0 Å². The number of nitrogens with zero attached hydrogens (tertiary/aromatic N) is 2. The molecule has 2 N–H and O–H groups in total. The number of rotatable bonds is 1. The van der Waals surface area contributed by atoms with Gasteiger partial charge in [0.05, 0.1) is 11.4 Å². The van der Waals surface area contributed by atoms with Crippen LogP contribution in [0.3, 0.4) is 0 Å². The van der Waals surface area contributed by atoms with Crippen LogP contribution < -0.4 is 10.9 Å². The molecule has 1 aliphatic heterocycles. The van der Waals surface area contributed by atoms with E-state index in [-0.39, 0.29) is 11.7 Å². The molecule has 0 aromatic carbocycles. The fraction of sp³-hybridized carbons (Fsp3) is 0.500. The Labute approximate surface area is 103 Å². The average molecular weight is 250 g/mol. The third-order valence-corrected chi connectivity index (χ3v) is 3.43. The molecule has 0 radical (unpaired) electrons. The molecule has 1 fully saturated rings. The van der Waals surface area contributed by atoms with Gasteiger partial charge in [-0.25, -0.2) is 4.98 Å². The highest BCUT2D eigenvalue weighted by Crippen LogP contribution is 2.22. The van der Waals surface area contributed by atoms with E-state index < -0.39 is 11.4 Å². The number of halogens is 1. The molecule has 2 aromatic rings. The molecule has 3 heterocycles. The fourth-order valence-electron chi connectivity index (χ4n) is 2.43. The Hall–Kier alpha value is -1.69. The number of aryl methyl sites for hydroxylation is 1. The van der Waals surface area contributed by atoms with E-state index in [1.54, 1.807) is 0 Å². The van der Waals surface area contributed by atoms with E-state index in [1.165, 1.54) is 17.9 Å². The molecule has 0 amide bonds. The maximum absolute atomic E-state index is 13.5. The zero-order valence-corrected chi connectivity index (χ0v) is 10.2. The SMILES string of the molecule is Cc1nc2cc(C3CCCCN3)[nH]n2c(=O)c1F. The summed E-state index contributed by atoms with van der Waals surface area (Å²) in [7, 11) is 0. The van der Waals surface area contributed by atoms with Crippen molar-refractivity contribution in [2.75, 3.05) is 6.54 Å². The molecule has 0 spiro atoms. The highest BCUT2D eigenvalue weighted by molar-refractivity contribution is 5.40. The number of nitrogens with one attached hydrogen (secondary N) is 2. The van der Waals surface area contributed by atoms with Gasteiger partial charge in [0.15, 0.2) is 5.65 Å². The van der Waals surface area contributed by atoms with Crippen LogP contribution in [0.25, 0.3) is 5.65 Å². The van der Waals surface area contributed by atoms with Gasteiger partial charge in [0, 0.05) is 12.1 Å². The van der Waals surface area contributed by atoms with Gasteiger partial charge in [-0.2, -0.15) is 8.91 Å². The van der Waals surface area contributed by atoms with Crippen LogP contribution in [-0.2, 0) is 0 Å². The molecule has 3 rings (SSSR count). The van der Waals surface area contributed by atoms with E-state index in [0.717, 1.165) is 25.1 Å². The fourth-order valence-corrected chi connectivity index (χ4v) is 2.43. The Balaban J connectivity index is 2.10. The number of piperidine rings is 1. The highest BCUT2D eigenvalue weighted by atomic mass is 19.1. The Kier molecular flexibility index (Phi) is 2.66. The van der Waals surface area contributed by atoms with Crippen molar-refractivity contribution in [3.8, 4) is 0 Å². The van der Waals surface area contributed by atoms with Crippen LogP contribution in [0.2, 0.25) is 0 Å². The van der Waals surface area contributed by atoms with Crippen LogP contribution in [0.4, 0.5) is 4.39 Å². The second-order valence-electron chi connectivity index (χ2n) is 4.72. The first-order valence-electron chi connectivity index (χ1n) is 6.18. The van der Waals surface area contributed by atoms with Crippen LogP contribution in [0, 0.1) is 12.7 Å². The summed E-state index contributed by atoms with van der Waals surface area (Å²) in [6.07, 6.45) is 3.34. The lowest BCUT2D eigenvalue weighted by atomic mass is 10.0. The Morgan fingerprint density at radius 2 is 2.33 bits per heavy atom. The maximum atomic E-state index is 13.5. The largest absolute Gasteiger partial charge is 0.309 e. The number of hydrogen-bond donors (Lipinski definition) is 2. The van der Waals surface area contributed by atoms with E-state index in [0.29, 0.717) is 5.65 Å². The predicted molar refractivity (Wildman–Crippen MR) is 65.1 cm³/mol. The minimum absolute atomic E-state index is 0.141. The first-order chi connectivity index (χ1) is 8.66. The topological polar surface area (TPSA) is 62.2 Å². The van der Waals surface area contributed by atoms with Gasteiger partial charge in [-0.15, -0.1) is 0 Å². The van der Waals surface area contributed by atoms with E-state index in [1.807, 2.05) is 6.07 Å². The van der Waals surface area contributed by atoms with Gasteiger partial charge in [0.25, 0.3) is 0 Å². The molecular weight excluding hydrogens is 235 g/mol. The standard InChI is InChI=1S/C12H15FN4O/c1-7-11(13)12(18)17-10(15-7)6-9(16-17)8-4-2-3-5-14-8/h6,8,14,16H,2-5H2,1H3. The number of H-pyrrole nitrogens is 1. The summed E-state index contributed by atoms with van der Waals surface area (Å²) in [5.74, 6) is -0.794. The van der Waals surface area contributed by atoms with Crippen LogP contribution in [-0.4, -0.2) is 21.1 Å². The first kappa shape index (κ1) is 11.4. The first-order valence-corrected chi connectivity index (χ1v) is 6.18. The normalized spacial score (nSPS) is 20.4. The molecule has 0 saturated carbocycles. The Bertz CT molecular complexity index is 639. The van der Waals surface area contributed by atoms with Crippen LogP contribution >= 0.6 is 0 Å². The highest BCUT2D eigenvalue weighted by Gasteiger charge is 2.18. The van der Waals surface area contributed by atoms with Crippen molar-refractivity contribution < 1.29 is 4.39 Å². The lowest BCUT2D eigenvalue weighted by Crippen LogP contribution is -2.27. The number of aromatic amines is 1. The van der Waals surface area contributed by atoms with Crippen molar-refractivity contribution >= 4 is 5.65 Å². The average Bonchev–Trinajstić information content (AvgIpc) is 2.81. The molecule has 96 valence electrons. The molecule has 2 aromatic heterocycles. The van der Waals surface area contributed by atoms with E-state index in [9.17, 15) is 9.18 Å². The second kappa shape index (κ2) is 4.20. The van der Waals surface area contributed by atoms with E-state index in [2.05, 4.69) is 15.4 Å². The van der Waals surface area contributed by atoms with E-state index in [4.69, 9.17) is 0 Å². The Morgan fingerprint density at radius 1 is 1.50 bits per heavy atom. The van der Waals surface area contributed by atoms with Gasteiger partial charge < -0.3 is 5.32 Å². The van der Waals surface area contributed by atoms with Gasteiger partial charge in [0.1, 0.15) is 0 Å². The summed E-state index contributed by atoms with van der Waals surface area (Å²) >= 11 is 0. The molecule has 1 atom stereocenters. The lowest BCUT2D eigenvalue weighted by molar-refractivity contribution is 0.403. The lowest BCUT2D eigenvalue weighted by Gasteiger charge is -2.21. The van der Waals surface area contributed by atoms with Crippen molar-refractivity contribution in [2.24, 2.45) is 0 Å². The van der Waals surface area contributed by atoms with Gasteiger partial charge in [-0.05, 0) is 26.3 Å². The molecule has 0 bridgehead atoms. The summed E-state index contributed by atoms with van der Waals surface area (Å²) in [5.41, 5.74) is 0.840. The molecule has 6 heteroatoms. The molecule has 18 heavy (non-hydrogen) atoms. The summed E-state index contributed by atoms with van der Waals surface area (Å²) in [6.45, 7) is 2.47. The monoisotopic (exact) mass is 250 g/mol. The molecule has 0 aliphatic carbocycles. The van der Waals surface area contributed by atoms with Gasteiger partial charge >= 0.3 is 5.56 Å². The van der Waals surface area contributed by atoms with Crippen LogP contribution in [0.1, 0.15) is 36.7 Å². The predicted octanol–water partition coefficient (Wildman–Crippen LogP) is 1.28. The smallest absolute Gasteiger partial charge is 0.308 e. The van der Waals surface area contributed by atoms with Crippen molar-refractivity contribution in [2.45, 2.75) is 32.2 Å². The molecule has 1 unspecified atom stereocenters. The summed E-state index contributed by atoms with van der Waals surface area (Å²) in [6, 6.07) is 2.01. The van der Waals surface area contributed by atoms with Crippen molar-refractivity contribution in [3.63, 3.8) is 0 Å². The molecule has 1 aliphatic rings. The zero-order chi connectivity index (χ0) is 12.7. The second-order valence-corrected chi connectivity index (χ2v) is 4.72. The maximum Gasteiger partial charge on any atom is 0.308 e. The minimum Gasteiger partial charge on any atom is -0.309 e. The van der Waals surface area contributed by atoms with Gasteiger partial charge in [-0.1, -0.05) is 6.42 Å². The summed E-state index contributed by atoms with van der Waals surface area (Å²) in [5, 5.41) is 6.32. The van der Waals surface area contributed by atoms with Crippen molar-refractivity contribution in [1.29, 1.82) is 0 Å². The number of fused-ring (bicyclic) bond motifs is 1. The van der Waals surface area contributed by atoms with Crippen LogP contribution in [0.5, 0.6) is 0 Å². The number of hydrogen-bond acceptors (Lipinski definition) is 3. The quantitative estimate of drug-likeness (QED) is 0.801. The molecule has 5 nitrogen and oxygen atoms in total.